The fourth-order valence-corrected chi connectivity index (χ4v) is 2.78. The fraction of sp³-hybridized carbons (Fsp3) is 0. The molecule has 7 heteroatoms. The molecule has 5 nitrogen and oxygen atoms in total. The van der Waals surface area contributed by atoms with Crippen LogP contribution in [0.25, 0.3) is 0 Å². The Labute approximate surface area is 101 Å². The number of anilines is 1. The van der Waals surface area contributed by atoms with Gasteiger partial charge in [0.2, 0.25) is 9.84 Å². The highest BCUT2D eigenvalue weighted by Crippen LogP contribution is 2.24. The molecule has 1 aromatic carbocycles. The summed E-state index contributed by atoms with van der Waals surface area (Å²) >= 11 is 3.24. The molecule has 16 heavy (non-hydrogen) atoms. The average molecular weight is 302 g/mol. The maximum atomic E-state index is 12.1. The number of nitrogens with two attached hydrogens (primary N) is 1. The van der Waals surface area contributed by atoms with E-state index in [1.807, 2.05) is 0 Å². The Morgan fingerprint density at radius 3 is 2.38 bits per heavy atom. The lowest BCUT2D eigenvalue weighted by Crippen LogP contribution is -2.03. The molecular weight excluding hydrogens is 294 g/mol. The van der Waals surface area contributed by atoms with Crippen molar-refractivity contribution in [3.8, 4) is 0 Å². The molecule has 0 amide bonds. The number of rotatable bonds is 2. The number of aromatic nitrogens is 2. The highest BCUT2D eigenvalue weighted by atomic mass is 79.9. The maximum Gasteiger partial charge on any atom is 0.211 e. The first-order valence-electron chi connectivity index (χ1n) is 4.31. The Kier molecular flexibility index (Phi) is 2.73. The predicted octanol–water partition coefficient (Wildman–Crippen LogP) is 1.59. The van der Waals surface area contributed by atoms with Gasteiger partial charge in [0.15, 0.2) is 0 Å². The summed E-state index contributed by atoms with van der Waals surface area (Å²) in [4.78, 5) is 0.179. The molecule has 0 saturated heterocycles. The number of sulfone groups is 1. The van der Waals surface area contributed by atoms with E-state index < -0.39 is 9.84 Å². The van der Waals surface area contributed by atoms with Crippen molar-refractivity contribution in [2.24, 2.45) is 0 Å². The molecule has 0 aliphatic carbocycles. The number of benzene rings is 1. The van der Waals surface area contributed by atoms with Crippen LogP contribution >= 0.6 is 15.9 Å². The number of nitrogen functional groups attached to an aromatic ring is 1. The number of hydrogen-bond acceptors (Lipinski definition) is 4. The molecule has 2 rings (SSSR count). The van der Waals surface area contributed by atoms with Gasteiger partial charge in [0.05, 0.1) is 11.1 Å². The van der Waals surface area contributed by atoms with E-state index in [2.05, 4.69) is 26.1 Å². The molecule has 1 heterocycles. The summed E-state index contributed by atoms with van der Waals surface area (Å²) in [6.07, 6.45) is 1.20. The lowest BCUT2D eigenvalue weighted by molar-refractivity contribution is 0.596. The average Bonchev–Trinajstić information content (AvgIpc) is 2.66. The lowest BCUT2D eigenvalue weighted by Gasteiger charge is -2.02. The van der Waals surface area contributed by atoms with Gasteiger partial charge in [0, 0.05) is 4.47 Å². The first-order chi connectivity index (χ1) is 7.51. The minimum atomic E-state index is -3.58. The van der Waals surface area contributed by atoms with Crippen LogP contribution in [0.15, 0.2) is 44.7 Å². The number of hydrogen-bond donors (Lipinski definition) is 2. The third-order valence-corrected chi connectivity index (χ3v) is 4.37. The minimum Gasteiger partial charge on any atom is -0.383 e. The fourth-order valence-electron chi connectivity index (χ4n) is 1.24. The van der Waals surface area contributed by atoms with E-state index in [1.54, 1.807) is 12.1 Å². The Bertz CT molecular complexity index is 604. The number of nitrogens with one attached hydrogen (secondary N) is 1. The van der Waals surface area contributed by atoms with Gasteiger partial charge in [-0.2, -0.15) is 5.10 Å². The van der Waals surface area contributed by atoms with Crippen LogP contribution < -0.4 is 5.73 Å². The van der Waals surface area contributed by atoms with Crippen molar-refractivity contribution < 1.29 is 8.42 Å². The lowest BCUT2D eigenvalue weighted by atomic mass is 10.4. The molecule has 0 aliphatic heterocycles. The smallest absolute Gasteiger partial charge is 0.211 e. The van der Waals surface area contributed by atoms with E-state index in [0.29, 0.717) is 0 Å². The van der Waals surface area contributed by atoms with Gasteiger partial charge in [-0.05, 0) is 24.3 Å². The summed E-state index contributed by atoms with van der Waals surface area (Å²) in [6, 6.07) is 6.32. The van der Waals surface area contributed by atoms with Gasteiger partial charge < -0.3 is 5.73 Å². The van der Waals surface area contributed by atoms with Gasteiger partial charge in [0.1, 0.15) is 10.7 Å². The van der Waals surface area contributed by atoms with Crippen molar-refractivity contribution in [3.63, 3.8) is 0 Å². The first kappa shape index (κ1) is 11.2. The molecule has 0 spiro atoms. The second kappa shape index (κ2) is 3.91. The standard InChI is InChI=1S/C9H8BrN3O2S/c10-6-1-3-7(4-2-6)16(14,15)8-5-12-13-9(8)11/h1-5H,(H3,11,12,13). The summed E-state index contributed by atoms with van der Waals surface area (Å²) in [6.45, 7) is 0. The molecule has 0 radical (unpaired) electrons. The summed E-state index contributed by atoms with van der Waals surface area (Å²) in [5.41, 5.74) is 5.49. The van der Waals surface area contributed by atoms with E-state index >= 15 is 0 Å². The van der Waals surface area contributed by atoms with Crippen molar-refractivity contribution >= 4 is 31.6 Å². The second-order valence-electron chi connectivity index (χ2n) is 3.11. The molecule has 3 N–H and O–H groups in total. The highest BCUT2D eigenvalue weighted by Gasteiger charge is 2.21. The number of halogens is 1. The van der Waals surface area contributed by atoms with Crippen LogP contribution in [0.1, 0.15) is 0 Å². The zero-order valence-corrected chi connectivity index (χ0v) is 10.4. The van der Waals surface area contributed by atoms with E-state index in [4.69, 9.17) is 5.73 Å². The summed E-state index contributed by atoms with van der Waals surface area (Å²) < 4.78 is 25.0. The number of H-pyrrole nitrogens is 1. The van der Waals surface area contributed by atoms with Crippen LogP contribution in [-0.2, 0) is 9.84 Å². The van der Waals surface area contributed by atoms with Gasteiger partial charge in [-0.1, -0.05) is 15.9 Å². The van der Waals surface area contributed by atoms with Crippen molar-refractivity contribution in [1.82, 2.24) is 10.2 Å². The van der Waals surface area contributed by atoms with Crippen molar-refractivity contribution in [2.45, 2.75) is 9.79 Å². The van der Waals surface area contributed by atoms with Gasteiger partial charge in [-0.3, -0.25) is 5.10 Å². The summed E-state index contributed by atoms with van der Waals surface area (Å²) in [7, 11) is -3.58. The van der Waals surface area contributed by atoms with Crippen LogP contribution in [0.5, 0.6) is 0 Å². The van der Waals surface area contributed by atoms with Crippen LogP contribution in [0, 0.1) is 0 Å². The number of aromatic amines is 1. The molecule has 84 valence electrons. The van der Waals surface area contributed by atoms with Gasteiger partial charge >= 0.3 is 0 Å². The molecule has 0 atom stereocenters. The highest BCUT2D eigenvalue weighted by molar-refractivity contribution is 9.10. The topological polar surface area (TPSA) is 88.8 Å². The van der Waals surface area contributed by atoms with Crippen LogP contribution in [-0.4, -0.2) is 18.6 Å². The Balaban J connectivity index is 2.56. The molecule has 0 fully saturated rings. The SMILES string of the molecule is Nc1[nH]ncc1S(=O)(=O)c1ccc(Br)cc1. The largest absolute Gasteiger partial charge is 0.383 e. The monoisotopic (exact) mass is 301 g/mol. The molecule has 0 aliphatic rings. The van der Waals surface area contributed by atoms with Crippen molar-refractivity contribution in [3.05, 3.63) is 34.9 Å². The van der Waals surface area contributed by atoms with Gasteiger partial charge in [-0.25, -0.2) is 8.42 Å². The molecular formula is C9H8BrN3O2S. The molecule has 2 aromatic rings. The van der Waals surface area contributed by atoms with Crippen LogP contribution in [0.4, 0.5) is 5.82 Å². The zero-order valence-electron chi connectivity index (χ0n) is 8.01. The third kappa shape index (κ3) is 1.83. The molecule has 0 saturated carbocycles. The van der Waals surface area contributed by atoms with Gasteiger partial charge in [-0.15, -0.1) is 0 Å². The van der Waals surface area contributed by atoms with E-state index in [0.717, 1.165) is 4.47 Å². The Morgan fingerprint density at radius 1 is 1.25 bits per heavy atom. The molecule has 0 bridgehead atoms. The second-order valence-corrected chi connectivity index (χ2v) is 5.94. The normalized spacial score (nSPS) is 11.6. The van der Waals surface area contributed by atoms with Crippen molar-refractivity contribution in [2.75, 3.05) is 5.73 Å². The minimum absolute atomic E-state index is 0.00479. The van der Waals surface area contributed by atoms with Gasteiger partial charge in [0.25, 0.3) is 0 Å². The van der Waals surface area contributed by atoms with Crippen LogP contribution in [0.2, 0.25) is 0 Å². The molecule has 0 unspecified atom stereocenters. The maximum absolute atomic E-state index is 12.1. The van der Waals surface area contributed by atoms with E-state index in [1.165, 1.54) is 18.3 Å². The first-order valence-corrected chi connectivity index (χ1v) is 6.59. The Hall–Kier alpha value is -1.34. The molecule has 1 aromatic heterocycles. The summed E-state index contributed by atoms with van der Waals surface area (Å²) in [5.74, 6) is 0.0444. The van der Waals surface area contributed by atoms with E-state index in [9.17, 15) is 8.42 Å². The predicted molar refractivity (Wildman–Crippen MR) is 62.6 cm³/mol. The third-order valence-electron chi connectivity index (χ3n) is 2.05. The van der Waals surface area contributed by atoms with E-state index in [-0.39, 0.29) is 15.6 Å². The number of nitrogens with zero attached hydrogens (tertiary/aromatic N) is 1. The Morgan fingerprint density at radius 2 is 1.88 bits per heavy atom. The zero-order chi connectivity index (χ0) is 11.8. The van der Waals surface area contributed by atoms with Crippen LogP contribution in [0.3, 0.4) is 0 Å². The summed E-state index contributed by atoms with van der Waals surface area (Å²) in [5, 5.41) is 5.99. The van der Waals surface area contributed by atoms with Crippen molar-refractivity contribution in [1.29, 1.82) is 0 Å². The quantitative estimate of drug-likeness (QED) is 0.881.